The Morgan fingerprint density at radius 2 is 2.00 bits per heavy atom. The van der Waals surface area contributed by atoms with Crippen molar-refractivity contribution in [3.05, 3.63) is 42.2 Å². The highest BCUT2D eigenvalue weighted by atomic mass is 16.3. The molecule has 2 aromatic rings. The molecule has 1 aromatic carbocycles. The highest BCUT2D eigenvalue weighted by Gasteiger charge is 2.20. The number of rotatable bonds is 6. The predicted molar refractivity (Wildman–Crippen MR) is 82.6 cm³/mol. The normalized spacial score (nSPS) is 14.7. The van der Waals surface area contributed by atoms with Gasteiger partial charge >= 0.3 is 0 Å². The lowest BCUT2D eigenvalue weighted by atomic mass is 10.1. The van der Waals surface area contributed by atoms with E-state index in [1.54, 1.807) is 0 Å². The number of aromatic nitrogens is 1. The SMILES string of the molecule is CN(C)CC(C)(O)CNCc1cncc2ccccc12. The summed E-state index contributed by atoms with van der Waals surface area (Å²) in [6.07, 6.45) is 3.76. The van der Waals surface area contributed by atoms with Gasteiger partial charge in [0.2, 0.25) is 0 Å². The summed E-state index contributed by atoms with van der Waals surface area (Å²) in [6, 6.07) is 8.22. The van der Waals surface area contributed by atoms with Crippen LogP contribution in [0.4, 0.5) is 0 Å². The Bertz CT molecular complexity index is 561. The van der Waals surface area contributed by atoms with Crippen LogP contribution in [0, 0.1) is 0 Å². The predicted octanol–water partition coefficient (Wildman–Crippen LogP) is 1.64. The molecule has 0 fully saturated rings. The van der Waals surface area contributed by atoms with Crippen LogP contribution in [0.3, 0.4) is 0 Å². The zero-order valence-corrected chi connectivity index (χ0v) is 12.4. The Kier molecular flexibility index (Phi) is 4.70. The van der Waals surface area contributed by atoms with Crippen LogP contribution in [0.15, 0.2) is 36.7 Å². The third-order valence-electron chi connectivity index (χ3n) is 3.23. The van der Waals surface area contributed by atoms with Crippen LogP contribution in [0.5, 0.6) is 0 Å². The number of likely N-dealkylation sites (N-methyl/N-ethyl adjacent to an activating group) is 1. The first-order valence-electron chi connectivity index (χ1n) is 6.87. The minimum atomic E-state index is -0.735. The number of nitrogens with zero attached hydrogens (tertiary/aromatic N) is 2. The molecule has 0 saturated carbocycles. The van der Waals surface area contributed by atoms with Gasteiger partial charge in [-0.2, -0.15) is 0 Å². The fourth-order valence-corrected chi connectivity index (χ4v) is 2.52. The molecule has 0 aliphatic carbocycles. The van der Waals surface area contributed by atoms with E-state index in [9.17, 15) is 5.11 Å². The van der Waals surface area contributed by atoms with Crippen molar-refractivity contribution in [1.29, 1.82) is 0 Å². The van der Waals surface area contributed by atoms with Crippen molar-refractivity contribution >= 4 is 10.8 Å². The largest absolute Gasteiger partial charge is 0.388 e. The molecule has 2 rings (SSSR count). The van der Waals surface area contributed by atoms with E-state index in [4.69, 9.17) is 0 Å². The number of benzene rings is 1. The Morgan fingerprint density at radius 3 is 2.75 bits per heavy atom. The van der Waals surface area contributed by atoms with Gasteiger partial charge in [-0.05, 0) is 32.0 Å². The van der Waals surface area contributed by atoms with Crippen LogP contribution < -0.4 is 5.32 Å². The molecule has 4 nitrogen and oxygen atoms in total. The average Bonchev–Trinajstić information content (AvgIpc) is 2.37. The summed E-state index contributed by atoms with van der Waals surface area (Å²) < 4.78 is 0. The fourth-order valence-electron chi connectivity index (χ4n) is 2.52. The number of aliphatic hydroxyl groups is 1. The molecular weight excluding hydrogens is 250 g/mol. The molecule has 1 unspecified atom stereocenters. The zero-order chi connectivity index (χ0) is 14.6. The van der Waals surface area contributed by atoms with Gasteiger partial charge < -0.3 is 15.3 Å². The van der Waals surface area contributed by atoms with Crippen molar-refractivity contribution in [2.45, 2.75) is 19.1 Å². The molecule has 0 aliphatic rings. The number of hydrogen-bond acceptors (Lipinski definition) is 4. The first-order chi connectivity index (χ1) is 9.48. The minimum absolute atomic E-state index is 0.550. The highest BCUT2D eigenvalue weighted by Crippen LogP contribution is 2.16. The Labute approximate surface area is 120 Å². The molecule has 0 saturated heterocycles. The lowest BCUT2D eigenvalue weighted by molar-refractivity contribution is 0.0336. The van der Waals surface area contributed by atoms with Crippen molar-refractivity contribution in [2.24, 2.45) is 0 Å². The molecule has 20 heavy (non-hydrogen) atoms. The van der Waals surface area contributed by atoms with E-state index in [-0.39, 0.29) is 0 Å². The lowest BCUT2D eigenvalue weighted by Crippen LogP contribution is -2.45. The molecular formula is C16H23N3O. The van der Waals surface area contributed by atoms with Gasteiger partial charge in [0.15, 0.2) is 0 Å². The number of pyridine rings is 1. The van der Waals surface area contributed by atoms with E-state index in [2.05, 4.69) is 22.4 Å². The quantitative estimate of drug-likeness (QED) is 0.840. The van der Waals surface area contributed by atoms with E-state index in [0.717, 1.165) is 10.9 Å². The molecule has 0 radical (unpaired) electrons. The van der Waals surface area contributed by atoms with Crippen LogP contribution in [-0.2, 0) is 6.54 Å². The van der Waals surface area contributed by atoms with E-state index in [0.29, 0.717) is 19.6 Å². The smallest absolute Gasteiger partial charge is 0.0869 e. The standard InChI is InChI=1S/C16H23N3O/c1-16(20,12-19(2)3)11-18-10-14-9-17-8-13-6-4-5-7-15(13)14/h4-9,18,20H,10-12H2,1-3H3. The van der Waals surface area contributed by atoms with E-state index >= 15 is 0 Å². The number of nitrogens with one attached hydrogen (secondary N) is 1. The summed E-state index contributed by atoms with van der Waals surface area (Å²) in [4.78, 5) is 6.25. The summed E-state index contributed by atoms with van der Waals surface area (Å²) in [6.45, 7) is 3.74. The first-order valence-corrected chi connectivity index (χ1v) is 6.87. The number of hydrogen-bond donors (Lipinski definition) is 2. The second kappa shape index (κ2) is 6.31. The first kappa shape index (κ1) is 14.9. The molecule has 0 bridgehead atoms. The van der Waals surface area contributed by atoms with Crippen molar-refractivity contribution < 1.29 is 5.11 Å². The third-order valence-corrected chi connectivity index (χ3v) is 3.23. The van der Waals surface area contributed by atoms with Crippen molar-refractivity contribution in [3.63, 3.8) is 0 Å². The van der Waals surface area contributed by atoms with Crippen molar-refractivity contribution in [2.75, 3.05) is 27.2 Å². The van der Waals surface area contributed by atoms with Gasteiger partial charge in [0.25, 0.3) is 0 Å². The zero-order valence-electron chi connectivity index (χ0n) is 12.4. The van der Waals surface area contributed by atoms with E-state index < -0.39 is 5.60 Å². The topological polar surface area (TPSA) is 48.4 Å². The second-order valence-corrected chi connectivity index (χ2v) is 5.86. The highest BCUT2D eigenvalue weighted by molar-refractivity contribution is 5.84. The van der Waals surface area contributed by atoms with Gasteiger partial charge in [0.05, 0.1) is 5.60 Å². The minimum Gasteiger partial charge on any atom is -0.388 e. The summed E-state index contributed by atoms with van der Waals surface area (Å²) in [5.41, 5.74) is 0.422. The van der Waals surface area contributed by atoms with Gasteiger partial charge in [-0.25, -0.2) is 0 Å². The van der Waals surface area contributed by atoms with Gasteiger partial charge in [0.1, 0.15) is 0 Å². The van der Waals surface area contributed by atoms with Gasteiger partial charge in [0, 0.05) is 37.4 Å². The van der Waals surface area contributed by atoms with Crippen LogP contribution in [-0.4, -0.2) is 47.8 Å². The maximum atomic E-state index is 10.3. The number of fused-ring (bicyclic) bond motifs is 1. The van der Waals surface area contributed by atoms with Crippen molar-refractivity contribution in [1.82, 2.24) is 15.2 Å². The van der Waals surface area contributed by atoms with Crippen LogP contribution in [0.2, 0.25) is 0 Å². The monoisotopic (exact) mass is 273 g/mol. The fraction of sp³-hybridized carbons (Fsp3) is 0.438. The van der Waals surface area contributed by atoms with Crippen LogP contribution >= 0.6 is 0 Å². The Balaban J connectivity index is 2.00. The molecule has 0 aliphatic heterocycles. The van der Waals surface area contributed by atoms with Crippen molar-refractivity contribution in [3.8, 4) is 0 Å². The molecule has 1 atom stereocenters. The van der Waals surface area contributed by atoms with E-state index in [1.165, 1.54) is 5.39 Å². The molecule has 0 amide bonds. The summed E-state index contributed by atoms with van der Waals surface area (Å²) >= 11 is 0. The van der Waals surface area contributed by atoms with Gasteiger partial charge in [-0.3, -0.25) is 4.98 Å². The Morgan fingerprint density at radius 1 is 1.25 bits per heavy atom. The molecule has 1 aromatic heterocycles. The summed E-state index contributed by atoms with van der Waals surface area (Å²) in [7, 11) is 3.92. The molecule has 0 spiro atoms. The maximum absolute atomic E-state index is 10.3. The Hall–Kier alpha value is -1.49. The second-order valence-electron chi connectivity index (χ2n) is 5.86. The molecule has 108 valence electrons. The summed E-state index contributed by atoms with van der Waals surface area (Å²) in [5, 5.41) is 15.9. The average molecular weight is 273 g/mol. The third kappa shape index (κ3) is 4.00. The molecule has 4 heteroatoms. The summed E-state index contributed by atoms with van der Waals surface area (Å²) in [5.74, 6) is 0. The van der Waals surface area contributed by atoms with Crippen LogP contribution in [0.25, 0.3) is 10.8 Å². The molecule has 1 heterocycles. The van der Waals surface area contributed by atoms with Crippen LogP contribution in [0.1, 0.15) is 12.5 Å². The van der Waals surface area contributed by atoms with Gasteiger partial charge in [-0.15, -0.1) is 0 Å². The van der Waals surface area contributed by atoms with E-state index in [1.807, 2.05) is 50.4 Å². The molecule has 2 N–H and O–H groups in total. The van der Waals surface area contributed by atoms with Gasteiger partial charge in [-0.1, -0.05) is 24.3 Å². The maximum Gasteiger partial charge on any atom is 0.0869 e. The lowest BCUT2D eigenvalue weighted by Gasteiger charge is -2.27.